The summed E-state index contributed by atoms with van der Waals surface area (Å²) in [5.41, 5.74) is 2.18. The van der Waals surface area contributed by atoms with Crippen LogP contribution in [0.2, 0.25) is 0 Å². The van der Waals surface area contributed by atoms with Gasteiger partial charge in [0.15, 0.2) is 11.6 Å². The molecule has 138 valence electrons. The molecule has 0 unspecified atom stereocenters. The van der Waals surface area contributed by atoms with Crippen molar-refractivity contribution in [1.82, 2.24) is 15.1 Å². The first-order valence-corrected chi connectivity index (χ1v) is 8.88. The zero-order chi connectivity index (χ0) is 19.1. The number of benzene rings is 2. The number of hydrogen-bond donors (Lipinski definition) is 2. The molecule has 1 aliphatic heterocycles. The number of aromatic amines is 1. The molecule has 7 nitrogen and oxygen atoms in total. The lowest BCUT2D eigenvalue weighted by Crippen LogP contribution is -2.25. The average molecular weight is 372 g/mol. The molecule has 0 spiro atoms. The van der Waals surface area contributed by atoms with Crippen LogP contribution >= 0.6 is 0 Å². The minimum atomic E-state index is -0.240. The van der Waals surface area contributed by atoms with Gasteiger partial charge in [0.1, 0.15) is 0 Å². The van der Waals surface area contributed by atoms with Gasteiger partial charge in [-0.3, -0.25) is 14.7 Å². The van der Waals surface area contributed by atoms with Gasteiger partial charge in [0.25, 0.3) is 11.8 Å². The van der Waals surface area contributed by atoms with Crippen molar-refractivity contribution >= 4 is 28.4 Å². The molecule has 0 saturated carbocycles. The number of nitrogens with zero attached hydrogens (tertiary/aromatic N) is 2. The summed E-state index contributed by atoms with van der Waals surface area (Å²) in [4.78, 5) is 26.8. The smallest absolute Gasteiger partial charge is 0.290 e. The van der Waals surface area contributed by atoms with Crippen LogP contribution in [0.25, 0.3) is 10.8 Å². The first-order valence-electron chi connectivity index (χ1n) is 8.88. The van der Waals surface area contributed by atoms with Crippen LogP contribution in [0.1, 0.15) is 32.2 Å². The Kier molecular flexibility index (Phi) is 3.72. The molecule has 5 rings (SSSR count). The summed E-state index contributed by atoms with van der Waals surface area (Å²) in [6, 6.07) is 16.7. The topological polar surface area (TPSA) is 91.2 Å². The van der Waals surface area contributed by atoms with Crippen molar-refractivity contribution in [2.45, 2.75) is 13.1 Å². The molecule has 0 atom stereocenters. The number of carbonyl (C=O) groups is 2. The Morgan fingerprint density at radius 3 is 2.71 bits per heavy atom. The Morgan fingerprint density at radius 1 is 1.04 bits per heavy atom. The number of furan rings is 1. The molecule has 4 aromatic rings. The van der Waals surface area contributed by atoms with Gasteiger partial charge >= 0.3 is 0 Å². The van der Waals surface area contributed by atoms with Crippen molar-refractivity contribution in [3.63, 3.8) is 0 Å². The van der Waals surface area contributed by atoms with Gasteiger partial charge in [0.05, 0.1) is 25.0 Å². The van der Waals surface area contributed by atoms with Gasteiger partial charge in [-0.05, 0) is 35.0 Å². The second-order valence-electron chi connectivity index (χ2n) is 6.68. The maximum atomic E-state index is 12.7. The maximum Gasteiger partial charge on any atom is 0.290 e. The molecule has 0 fully saturated rings. The summed E-state index contributed by atoms with van der Waals surface area (Å²) in [6.45, 7) is 0.756. The molecule has 2 amide bonds. The molecule has 1 aliphatic rings. The first kappa shape index (κ1) is 16.3. The Morgan fingerprint density at radius 2 is 1.89 bits per heavy atom. The molecular weight excluding hydrogens is 356 g/mol. The number of nitrogens with one attached hydrogen (secondary N) is 2. The normalized spacial score (nSPS) is 12.9. The molecule has 7 heteroatoms. The van der Waals surface area contributed by atoms with E-state index in [1.807, 2.05) is 36.4 Å². The van der Waals surface area contributed by atoms with E-state index in [-0.39, 0.29) is 11.8 Å². The minimum absolute atomic E-state index is 0.193. The van der Waals surface area contributed by atoms with Gasteiger partial charge in [0.2, 0.25) is 0 Å². The minimum Gasteiger partial charge on any atom is -0.459 e. The van der Waals surface area contributed by atoms with Crippen LogP contribution in [-0.2, 0) is 13.1 Å². The van der Waals surface area contributed by atoms with Crippen LogP contribution in [0.15, 0.2) is 65.3 Å². The van der Waals surface area contributed by atoms with E-state index < -0.39 is 0 Å². The highest BCUT2D eigenvalue weighted by Crippen LogP contribution is 2.28. The van der Waals surface area contributed by atoms with E-state index in [4.69, 9.17) is 4.42 Å². The van der Waals surface area contributed by atoms with Crippen molar-refractivity contribution in [3.8, 4) is 0 Å². The SMILES string of the molecule is O=C(Nc1n[nH]c2c1CN(C(=O)c1ccco1)C2)c1ccc2ccccc2c1. The number of hydrogen-bond acceptors (Lipinski definition) is 4. The highest BCUT2D eigenvalue weighted by Gasteiger charge is 2.30. The second kappa shape index (κ2) is 6.38. The quantitative estimate of drug-likeness (QED) is 0.575. The van der Waals surface area contributed by atoms with Crippen LogP contribution in [0, 0.1) is 0 Å². The Balaban J connectivity index is 1.35. The van der Waals surface area contributed by atoms with Gasteiger partial charge in [-0.25, -0.2) is 0 Å². The summed E-state index contributed by atoms with van der Waals surface area (Å²) in [7, 11) is 0. The number of aromatic nitrogens is 2. The van der Waals surface area contributed by atoms with Crippen LogP contribution in [0.5, 0.6) is 0 Å². The first-order chi connectivity index (χ1) is 13.7. The lowest BCUT2D eigenvalue weighted by molar-refractivity contribution is 0.0717. The summed E-state index contributed by atoms with van der Waals surface area (Å²) in [5.74, 6) is 0.306. The molecule has 2 N–H and O–H groups in total. The van der Waals surface area contributed by atoms with Gasteiger partial charge in [-0.1, -0.05) is 30.3 Å². The molecule has 28 heavy (non-hydrogen) atoms. The van der Waals surface area contributed by atoms with E-state index in [0.717, 1.165) is 22.0 Å². The van der Waals surface area contributed by atoms with E-state index in [0.29, 0.717) is 30.2 Å². The zero-order valence-electron chi connectivity index (χ0n) is 14.8. The number of anilines is 1. The Bertz CT molecular complexity index is 1190. The highest BCUT2D eigenvalue weighted by molar-refractivity contribution is 6.06. The van der Waals surface area contributed by atoms with E-state index in [1.165, 1.54) is 6.26 Å². The molecular formula is C21H16N4O3. The lowest BCUT2D eigenvalue weighted by atomic mass is 10.1. The standard InChI is InChI=1S/C21H16N4O3/c26-20(15-8-7-13-4-1-2-5-14(13)10-15)22-19-16-11-25(12-17(16)23-24-19)21(27)18-6-3-9-28-18/h1-10H,11-12H2,(H2,22,23,24,26). The number of rotatable bonds is 3. The third kappa shape index (κ3) is 2.73. The third-order valence-electron chi connectivity index (χ3n) is 4.91. The van der Waals surface area contributed by atoms with Crippen molar-refractivity contribution in [3.05, 3.63) is 83.4 Å². The average Bonchev–Trinajstić information content (AvgIpc) is 3.46. The third-order valence-corrected chi connectivity index (χ3v) is 4.91. The molecule has 0 bridgehead atoms. The summed E-state index contributed by atoms with van der Waals surface area (Å²) in [5, 5.41) is 12.0. The largest absolute Gasteiger partial charge is 0.459 e. The molecule has 0 aliphatic carbocycles. The molecule has 0 saturated heterocycles. The van der Waals surface area contributed by atoms with E-state index in [2.05, 4.69) is 15.5 Å². The fourth-order valence-corrected chi connectivity index (χ4v) is 3.45. The van der Waals surface area contributed by atoms with E-state index >= 15 is 0 Å². The highest BCUT2D eigenvalue weighted by atomic mass is 16.3. The lowest BCUT2D eigenvalue weighted by Gasteiger charge is -2.14. The number of H-pyrrole nitrogens is 1. The van der Waals surface area contributed by atoms with Crippen LogP contribution in [0.3, 0.4) is 0 Å². The van der Waals surface area contributed by atoms with E-state index in [9.17, 15) is 9.59 Å². The molecule has 2 aromatic carbocycles. The number of fused-ring (bicyclic) bond motifs is 2. The van der Waals surface area contributed by atoms with Gasteiger partial charge < -0.3 is 14.6 Å². The summed E-state index contributed by atoms with van der Waals surface area (Å²) >= 11 is 0. The predicted octanol–water partition coefficient (Wildman–Crippen LogP) is 3.56. The molecule has 3 heterocycles. The van der Waals surface area contributed by atoms with Gasteiger partial charge in [0, 0.05) is 11.1 Å². The molecule has 0 radical (unpaired) electrons. The van der Waals surface area contributed by atoms with Crippen LogP contribution in [0.4, 0.5) is 5.82 Å². The molecule has 2 aromatic heterocycles. The monoisotopic (exact) mass is 372 g/mol. The van der Waals surface area contributed by atoms with Gasteiger partial charge in [-0.2, -0.15) is 5.10 Å². The summed E-state index contributed by atoms with van der Waals surface area (Å²) in [6.07, 6.45) is 1.47. The maximum absolute atomic E-state index is 12.7. The predicted molar refractivity (Wildman–Crippen MR) is 103 cm³/mol. The Hall–Kier alpha value is -3.87. The van der Waals surface area contributed by atoms with E-state index in [1.54, 1.807) is 23.1 Å². The van der Waals surface area contributed by atoms with Crippen LogP contribution < -0.4 is 5.32 Å². The number of carbonyl (C=O) groups excluding carboxylic acids is 2. The Labute approximate surface area is 160 Å². The van der Waals surface area contributed by atoms with Gasteiger partial charge in [-0.15, -0.1) is 0 Å². The van der Waals surface area contributed by atoms with Crippen molar-refractivity contribution in [2.75, 3.05) is 5.32 Å². The summed E-state index contributed by atoms with van der Waals surface area (Å²) < 4.78 is 5.18. The fraction of sp³-hybridized carbons (Fsp3) is 0.0952. The van der Waals surface area contributed by atoms with Crippen molar-refractivity contribution in [1.29, 1.82) is 0 Å². The van der Waals surface area contributed by atoms with Crippen molar-refractivity contribution < 1.29 is 14.0 Å². The zero-order valence-corrected chi connectivity index (χ0v) is 14.8. The van der Waals surface area contributed by atoms with Crippen molar-refractivity contribution in [2.24, 2.45) is 0 Å². The number of amides is 2. The van der Waals surface area contributed by atoms with Crippen LogP contribution in [-0.4, -0.2) is 26.9 Å². The fourth-order valence-electron chi connectivity index (χ4n) is 3.45. The second-order valence-corrected chi connectivity index (χ2v) is 6.68.